The SMILES string of the molecule is NC1=NC2(CCN(C(=O)OCCCCl)CC2)Nc2cccc(F)c21. The van der Waals surface area contributed by atoms with Crippen molar-refractivity contribution in [1.82, 2.24) is 4.90 Å². The van der Waals surface area contributed by atoms with Crippen molar-refractivity contribution in [3.8, 4) is 0 Å². The molecule has 2 aliphatic rings. The summed E-state index contributed by atoms with van der Waals surface area (Å²) < 4.78 is 19.1. The molecular weight excluding hydrogens is 335 g/mol. The van der Waals surface area contributed by atoms with Gasteiger partial charge in [0.2, 0.25) is 0 Å². The Balaban J connectivity index is 1.67. The van der Waals surface area contributed by atoms with Gasteiger partial charge in [-0.15, -0.1) is 11.6 Å². The number of alkyl halides is 1. The maximum atomic E-state index is 13.9. The largest absolute Gasteiger partial charge is 0.449 e. The second-order valence-corrected chi connectivity index (χ2v) is 6.34. The summed E-state index contributed by atoms with van der Waals surface area (Å²) in [5.41, 5.74) is 6.33. The van der Waals surface area contributed by atoms with Crippen LogP contribution >= 0.6 is 11.6 Å². The Morgan fingerprint density at radius 3 is 2.92 bits per heavy atom. The van der Waals surface area contributed by atoms with Gasteiger partial charge in [-0.2, -0.15) is 0 Å². The summed E-state index contributed by atoms with van der Waals surface area (Å²) in [7, 11) is 0. The lowest BCUT2D eigenvalue weighted by atomic mass is 9.94. The van der Waals surface area contributed by atoms with E-state index in [-0.39, 0.29) is 11.9 Å². The van der Waals surface area contributed by atoms with E-state index < -0.39 is 11.5 Å². The molecule has 0 unspecified atom stereocenters. The molecule has 1 amide bonds. The first-order chi connectivity index (χ1) is 11.5. The Morgan fingerprint density at radius 1 is 1.46 bits per heavy atom. The van der Waals surface area contributed by atoms with Crippen molar-refractivity contribution >= 4 is 29.2 Å². The van der Waals surface area contributed by atoms with Gasteiger partial charge in [-0.1, -0.05) is 6.07 Å². The van der Waals surface area contributed by atoms with Crippen molar-refractivity contribution in [2.75, 3.05) is 30.9 Å². The minimum atomic E-state index is -0.599. The molecule has 3 rings (SSSR count). The maximum absolute atomic E-state index is 13.9. The number of piperidine rings is 1. The zero-order valence-electron chi connectivity index (χ0n) is 13.2. The van der Waals surface area contributed by atoms with Crippen LogP contribution in [0.3, 0.4) is 0 Å². The van der Waals surface area contributed by atoms with Gasteiger partial charge in [0.05, 0.1) is 12.2 Å². The van der Waals surface area contributed by atoms with E-state index in [9.17, 15) is 9.18 Å². The van der Waals surface area contributed by atoms with Gasteiger partial charge in [-0.25, -0.2) is 14.2 Å². The number of ether oxygens (including phenoxy) is 1. The minimum Gasteiger partial charge on any atom is -0.449 e. The van der Waals surface area contributed by atoms with Crippen LogP contribution in [0.25, 0.3) is 0 Å². The second-order valence-electron chi connectivity index (χ2n) is 5.96. The van der Waals surface area contributed by atoms with Gasteiger partial charge in [0.25, 0.3) is 0 Å². The number of aliphatic imine (C=N–C) groups is 1. The van der Waals surface area contributed by atoms with E-state index in [1.165, 1.54) is 6.07 Å². The highest BCUT2D eigenvalue weighted by Gasteiger charge is 2.39. The molecule has 0 atom stereocenters. The lowest BCUT2D eigenvalue weighted by molar-refractivity contribution is 0.0868. The van der Waals surface area contributed by atoms with Gasteiger partial charge < -0.3 is 20.7 Å². The predicted molar refractivity (Wildman–Crippen MR) is 91.0 cm³/mol. The molecule has 0 saturated carbocycles. The molecule has 1 aromatic rings. The number of benzene rings is 1. The van der Waals surface area contributed by atoms with Crippen LogP contribution in [0.15, 0.2) is 23.2 Å². The maximum Gasteiger partial charge on any atom is 0.409 e. The molecule has 3 N–H and O–H groups in total. The Labute approximate surface area is 144 Å². The number of anilines is 1. The van der Waals surface area contributed by atoms with E-state index >= 15 is 0 Å². The lowest BCUT2D eigenvalue weighted by Crippen LogP contribution is -2.52. The monoisotopic (exact) mass is 354 g/mol. The number of carbonyl (C=O) groups is 1. The van der Waals surface area contributed by atoms with Gasteiger partial charge in [-0.05, 0) is 18.6 Å². The average molecular weight is 355 g/mol. The van der Waals surface area contributed by atoms with Gasteiger partial charge in [0.1, 0.15) is 17.3 Å². The molecule has 0 bridgehead atoms. The van der Waals surface area contributed by atoms with Crippen molar-refractivity contribution in [2.45, 2.75) is 24.9 Å². The van der Waals surface area contributed by atoms with Gasteiger partial charge in [-0.3, -0.25) is 0 Å². The third-order valence-corrected chi connectivity index (χ3v) is 4.59. The van der Waals surface area contributed by atoms with E-state index in [0.717, 1.165) is 0 Å². The lowest BCUT2D eigenvalue weighted by Gasteiger charge is -2.42. The third kappa shape index (κ3) is 3.26. The van der Waals surface area contributed by atoms with Crippen molar-refractivity contribution in [1.29, 1.82) is 0 Å². The Kier molecular flexibility index (Phi) is 4.80. The van der Waals surface area contributed by atoms with E-state index in [1.807, 2.05) is 0 Å². The molecule has 1 aromatic carbocycles. The summed E-state index contributed by atoms with van der Waals surface area (Å²) in [6, 6.07) is 4.78. The minimum absolute atomic E-state index is 0.194. The molecule has 8 heteroatoms. The van der Waals surface area contributed by atoms with Crippen LogP contribution in [0, 0.1) is 5.82 Å². The molecule has 2 heterocycles. The van der Waals surface area contributed by atoms with E-state index in [1.54, 1.807) is 17.0 Å². The normalized spacial score (nSPS) is 18.6. The van der Waals surface area contributed by atoms with Crippen molar-refractivity contribution in [3.63, 3.8) is 0 Å². The quantitative estimate of drug-likeness (QED) is 0.645. The van der Waals surface area contributed by atoms with E-state index in [2.05, 4.69) is 10.3 Å². The number of likely N-dealkylation sites (tertiary alicyclic amines) is 1. The number of hydrogen-bond donors (Lipinski definition) is 2. The molecule has 1 spiro atoms. The summed E-state index contributed by atoms with van der Waals surface area (Å²) >= 11 is 5.57. The number of nitrogens with two attached hydrogens (primary N) is 1. The molecule has 1 saturated heterocycles. The number of nitrogens with zero attached hydrogens (tertiary/aromatic N) is 2. The molecule has 1 fully saturated rings. The Morgan fingerprint density at radius 2 is 2.21 bits per heavy atom. The van der Waals surface area contributed by atoms with Crippen LogP contribution in [-0.2, 0) is 4.74 Å². The fraction of sp³-hybridized carbons (Fsp3) is 0.500. The highest BCUT2D eigenvalue weighted by molar-refractivity contribution is 6.17. The fourth-order valence-corrected chi connectivity index (χ4v) is 3.16. The standard InChI is InChI=1S/C16H20ClFN4O2/c17-7-2-10-24-15(23)22-8-5-16(6-9-22)20-12-4-1-3-11(18)13(12)14(19)21-16/h1,3-4,20H,2,5-10H2,(H2,19,21). The molecule has 0 radical (unpaired) electrons. The molecule has 130 valence electrons. The van der Waals surface area contributed by atoms with Crippen LogP contribution in [0.5, 0.6) is 0 Å². The molecule has 2 aliphatic heterocycles. The van der Waals surface area contributed by atoms with Gasteiger partial charge in [0.15, 0.2) is 0 Å². The smallest absolute Gasteiger partial charge is 0.409 e. The first-order valence-corrected chi connectivity index (χ1v) is 8.48. The van der Waals surface area contributed by atoms with E-state index in [0.29, 0.717) is 56.1 Å². The summed E-state index contributed by atoms with van der Waals surface area (Å²) in [6.45, 7) is 1.31. The number of nitrogens with one attached hydrogen (secondary N) is 1. The molecule has 0 aliphatic carbocycles. The van der Waals surface area contributed by atoms with Crippen LogP contribution in [0.4, 0.5) is 14.9 Å². The van der Waals surface area contributed by atoms with Crippen molar-refractivity contribution < 1.29 is 13.9 Å². The average Bonchev–Trinajstić information content (AvgIpc) is 2.55. The van der Waals surface area contributed by atoms with Crippen LogP contribution < -0.4 is 11.1 Å². The number of carbonyl (C=O) groups excluding carboxylic acids is 1. The zero-order valence-corrected chi connectivity index (χ0v) is 14.0. The van der Waals surface area contributed by atoms with Crippen molar-refractivity contribution in [2.24, 2.45) is 10.7 Å². The first kappa shape index (κ1) is 16.8. The van der Waals surface area contributed by atoms with Crippen molar-refractivity contribution in [3.05, 3.63) is 29.6 Å². The topological polar surface area (TPSA) is 80.0 Å². The highest BCUT2D eigenvalue weighted by Crippen LogP contribution is 2.35. The Bertz CT molecular complexity index is 659. The number of amides is 1. The fourth-order valence-electron chi connectivity index (χ4n) is 3.06. The molecule has 0 aromatic heterocycles. The summed E-state index contributed by atoms with van der Waals surface area (Å²) in [5, 5.41) is 3.29. The first-order valence-electron chi connectivity index (χ1n) is 7.95. The third-order valence-electron chi connectivity index (χ3n) is 4.32. The number of hydrogen-bond acceptors (Lipinski definition) is 5. The number of halogens is 2. The predicted octanol–water partition coefficient (Wildman–Crippen LogP) is 2.51. The summed E-state index contributed by atoms with van der Waals surface area (Å²) in [6.07, 6.45) is 1.45. The highest BCUT2D eigenvalue weighted by atomic mass is 35.5. The van der Waals surface area contributed by atoms with Crippen LogP contribution in [0.2, 0.25) is 0 Å². The number of fused-ring (bicyclic) bond motifs is 1. The Hall–Kier alpha value is -2.02. The molecular formula is C16H20ClFN4O2. The molecule has 6 nitrogen and oxygen atoms in total. The van der Waals surface area contributed by atoms with Gasteiger partial charge in [0, 0.05) is 37.5 Å². The van der Waals surface area contributed by atoms with E-state index in [4.69, 9.17) is 22.1 Å². The van der Waals surface area contributed by atoms with Crippen LogP contribution in [-0.4, -0.2) is 48.1 Å². The van der Waals surface area contributed by atoms with Crippen LogP contribution in [0.1, 0.15) is 24.8 Å². The summed E-state index contributed by atoms with van der Waals surface area (Å²) in [5.74, 6) is 0.265. The van der Waals surface area contributed by atoms with Gasteiger partial charge >= 0.3 is 6.09 Å². The number of amidine groups is 1. The molecule has 24 heavy (non-hydrogen) atoms. The second kappa shape index (κ2) is 6.84. The number of rotatable bonds is 3. The zero-order chi connectivity index (χ0) is 17.2. The summed E-state index contributed by atoms with van der Waals surface area (Å²) in [4.78, 5) is 18.1.